The monoisotopic (exact) mass is 524 g/mol. The lowest BCUT2D eigenvalue weighted by molar-refractivity contribution is 0.0968. The summed E-state index contributed by atoms with van der Waals surface area (Å²) in [5, 5.41) is 3.67. The standard InChI is InChI=1S/C27H28N2O5S2/c1-18-10-15-26(35-25-17-24(34-4)23(33-3)16-22(18)25)28-27(30)19-11-13-21(14-12-19)36(31,32)29(2)20-8-6-5-7-9-20/h5-9,11-18H,10H2,1-4H3,(H,28,30). The summed E-state index contributed by atoms with van der Waals surface area (Å²) >= 11 is 1.45. The number of nitrogens with one attached hydrogen (secondary N) is 1. The zero-order valence-electron chi connectivity index (χ0n) is 20.5. The predicted molar refractivity (Wildman–Crippen MR) is 142 cm³/mol. The first-order valence-electron chi connectivity index (χ1n) is 11.3. The van der Waals surface area contributed by atoms with E-state index in [0.29, 0.717) is 27.8 Å². The van der Waals surface area contributed by atoms with Gasteiger partial charge in [0.1, 0.15) is 0 Å². The molecule has 1 aliphatic heterocycles. The molecule has 0 saturated heterocycles. The minimum atomic E-state index is -3.75. The maximum Gasteiger partial charge on any atom is 0.264 e. The van der Waals surface area contributed by atoms with Crippen LogP contribution in [0.1, 0.15) is 35.2 Å². The Hall–Kier alpha value is -3.43. The zero-order valence-corrected chi connectivity index (χ0v) is 22.2. The number of rotatable bonds is 7. The van der Waals surface area contributed by atoms with Gasteiger partial charge in [-0.1, -0.05) is 43.0 Å². The van der Waals surface area contributed by atoms with Gasteiger partial charge in [0.15, 0.2) is 11.5 Å². The molecule has 1 aliphatic rings. The Morgan fingerprint density at radius 3 is 2.28 bits per heavy atom. The summed E-state index contributed by atoms with van der Waals surface area (Å²) < 4.78 is 38.1. The van der Waals surface area contributed by atoms with E-state index in [0.717, 1.165) is 16.9 Å². The van der Waals surface area contributed by atoms with Gasteiger partial charge in [-0.05, 0) is 66.4 Å². The minimum absolute atomic E-state index is 0.109. The number of sulfonamides is 1. The number of methoxy groups -OCH3 is 2. The van der Waals surface area contributed by atoms with Crippen LogP contribution in [0.3, 0.4) is 0 Å². The molecule has 0 spiro atoms. The number of allylic oxidation sites excluding steroid dienone is 1. The van der Waals surface area contributed by atoms with Crippen LogP contribution >= 0.6 is 11.8 Å². The number of anilines is 1. The second kappa shape index (κ2) is 10.7. The molecule has 7 nitrogen and oxygen atoms in total. The lowest BCUT2D eigenvalue weighted by Crippen LogP contribution is -2.26. The van der Waals surface area contributed by atoms with Crippen LogP contribution in [-0.4, -0.2) is 35.6 Å². The van der Waals surface area contributed by atoms with Crippen molar-refractivity contribution in [3.63, 3.8) is 0 Å². The number of amides is 1. The van der Waals surface area contributed by atoms with E-state index in [2.05, 4.69) is 12.2 Å². The van der Waals surface area contributed by atoms with E-state index in [1.807, 2.05) is 24.3 Å². The second-order valence-electron chi connectivity index (χ2n) is 8.34. The Labute approximate surface area is 216 Å². The third-order valence-corrected chi connectivity index (χ3v) is 8.92. The van der Waals surface area contributed by atoms with E-state index in [1.165, 1.54) is 47.4 Å². The van der Waals surface area contributed by atoms with E-state index in [1.54, 1.807) is 38.5 Å². The molecule has 3 aromatic rings. The fourth-order valence-electron chi connectivity index (χ4n) is 3.89. The second-order valence-corrected chi connectivity index (χ2v) is 11.4. The summed E-state index contributed by atoms with van der Waals surface area (Å²) in [5.74, 6) is 1.21. The molecular weight excluding hydrogens is 496 g/mol. The smallest absolute Gasteiger partial charge is 0.264 e. The van der Waals surface area contributed by atoms with Gasteiger partial charge in [-0.3, -0.25) is 9.10 Å². The first kappa shape index (κ1) is 25.7. The summed E-state index contributed by atoms with van der Waals surface area (Å²) in [7, 11) is 0.952. The number of nitrogens with zero attached hydrogens (tertiary/aromatic N) is 1. The SMILES string of the molecule is COc1cc2c(cc1OC)C(C)CC=C(NC(=O)c1ccc(S(=O)(=O)N(C)c3ccccc3)cc1)S2. The molecule has 3 aromatic carbocycles. The number of carbonyl (C=O) groups is 1. The summed E-state index contributed by atoms with van der Waals surface area (Å²) in [6.45, 7) is 2.12. The maximum atomic E-state index is 13.0. The third-order valence-electron chi connectivity index (χ3n) is 6.06. The maximum absolute atomic E-state index is 13.0. The number of benzene rings is 3. The van der Waals surface area contributed by atoms with Crippen molar-refractivity contribution in [2.24, 2.45) is 0 Å². The van der Waals surface area contributed by atoms with Gasteiger partial charge >= 0.3 is 0 Å². The van der Waals surface area contributed by atoms with Crippen LogP contribution in [0.25, 0.3) is 0 Å². The van der Waals surface area contributed by atoms with Crippen molar-refractivity contribution in [1.82, 2.24) is 5.32 Å². The fourth-order valence-corrected chi connectivity index (χ4v) is 6.19. The molecule has 9 heteroatoms. The lowest BCUT2D eigenvalue weighted by Gasteiger charge is -2.19. The Balaban J connectivity index is 1.51. The van der Waals surface area contributed by atoms with E-state index in [4.69, 9.17) is 9.47 Å². The van der Waals surface area contributed by atoms with Crippen LogP contribution in [0.5, 0.6) is 11.5 Å². The van der Waals surface area contributed by atoms with Crippen LogP contribution < -0.4 is 19.1 Å². The van der Waals surface area contributed by atoms with Crippen LogP contribution in [-0.2, 0) is 10.0 Å². The average molecular weight is 525 g/mol. The fraction of sp³-hybridized carbons (Fsp3) is 0.222. The highest BCUT2D eigenvalue weighted by Gasteiger charge is 2.23. The van der Waals surface area contributed by atoms with Gasteiger partial charge in [-0.25, -0.2) is 8.42 Å². The summed E-state index contributed by atoms with van der Waals surface area (Å²) in [5.41, 5.74) is 2.04. The van der Waals surface area contributed by atoms with Crippen molar-refractivity contribution < 1.29 is 22.7 Å². The molecular formula is C27H28N2O5S2. The topological polar surface area (TPSA) is 84.9 Å². The normalized spacial score (nSPS) is 15.2. The lowest BCUT2D eigenvalue weighted by atomic mass is 9.97. The number of hydrogen-bond donors (Lipinski definition) is 1. The molecule has 0 aliphatic carbocycles. The first-order chi connectivity index (χ1) is 17.2. The van der Waals surface area contributed by atoms with E-state index >= 15 is 0 Å². The van der Waals surface area contributed by atoms with Gasteiger partial charge in [0.05, 0.1) is 29.8 Å². The van der Waals surface area contributed by atoms with Crippen LogP contribution in [0.15, 0.2) is 87.6 Å². The number of thioether (sulfide) groups is 1. The largest absolute Gasteiger partial charge is 0.493 e. The molecule has 36 heavy (non-hydrogen) atoms. The van der Waals surface area contributed by atoms with Gasteiger partial charge < -0.3 is 14.8 Å². The Morgan fingerprint density at radius 1 is 1.00 bits per heavy atom. The highest BCUT2D eigenvalue weighted by molar-refractivity contribution is 8.03. The summed E-state index contributed by atoms with van der Waals surface area (Å²) in [6, 6.07) is 18.7. The molecule has 0 saturated carbocycles. The van der Waals surface area contributed by atoms with Crippen molar-refractivity contribution in [2.75, 3.05) is 25.6 Å². The molecule has 188 valence electrons. The number of para-hydroxylation sites is 1. The van der Waals surface area contributed by atoms with Crippen molar-refractivity contribution >= 4 is 33.4 Å². The molecule has 1 heterocycles. The van der Waals surface area contributed by atoms with Crippen LogP contribution in [0, 0.1) is 0 Å². The molecule has 1 N–H and O–H groups in total. The van der Waals surface area contributed by atoms with Crippen molar-refractivity contribution in [3.8, 4) is 11.5 Å². The van der Waals surface area contributed by atoms with E-state index in [-0.39, 0.29) is 16.7 Å². The highest BCUT2D eigenvalue weighted by atomic mass is 32.2. The van der Waals surface area contributed by atoms with E-state index < -0.39 is 10.0 Å². The molecule has 1 unspecified atom stereocenters. The van der Waals surface area contributed by atoms with Gasteiger partial charge in [0.2, 0.25) is 0 Å². The van der Waals surface area contributed by atoms with Gasteiger partial charge in [-0.2, -0.15) is 0 Å². The molecule has 4 rings (SSSR count). The van der Waals surface area contributed by atoms with Gasteiger partial charge in [-0.15, -0.1) is 0 Å². The number of hydrogen-bond acceptors (Lipinski definition) is 6. The first-order valence-corrected chi connectivity index (χ1v) is 13.6. The summed E-state index contributed by atoms with van der Waals surface area (Å²) in [4.78, 5) is 14.1. The van der Waals surface area contributed by atoms with E-state index in [9.17, 15) is 13.2 Å². The molecule has 0 bridgehead atoms. The van der Waals surface area contributed by atoms with Gasteiger partial charge in [0, 0.05) is 17.5 Å². The Morgan fingerprint density at radius 2 is 1.64 bits per heavy atom. The van der Waals surface area contributed by atoms with Crippen molar-refractivity contribution in [1.29, 1.82) is 0 Å². The highest BCUT2D eigenvalue weighted by Crippen LogP contribution is 2.43. The van der Waals surface area contributed by atoms with Crippen molar-refractivity contribution in [2.45, 2.75) is 29.1 Å². The Kier molecular flexibility index (Phi) is 7.61. The molecule has 0 radical (unpaired) electrons. The van der Waals surface area contributed by atoms with Gasteiger partial charge in [0.25, 0.3) is 15.9 Å². The predicted octanol–water partition coefficient (Wildman–Crippen LogP) is 5.40. The summed E-state index contributed by atoms with van der Waals surface area (Å²) in [6.07, 6.45) is 2.74. The quantitative estimate of drug-likeness (QED) is 0.446. The number of carbonyl (C=O) groups excluding carboxylic acids is 1. The minimum Gasteiger partial charge on any atom is -0.493 e. The number of ether oxygens (including phenoxy) is 2. The van der Waals surface area contributed by atoms with Crippen molar-refractivity contribution in [3.05, 3.63) is 89.0 Å². The molecule has 1 amide bonds. The zero-order chi connectivity index (χ0) is 25.9. The molecule has 0 aromatic heterocycles. The Bertz CT molecular complexity index is 1390. The van der Waals surface area contributed by atoms with Crippen LogP contribution in [0.4, 0.5) is 5.69 Å². The number of fused-ring (bicyclic) bond motifs is 1. The molecule has 0 fully saturated rings. The van der Waals surface area contributed by atoms with Crippen LogP contribution in [0.2, 0.25) is 0 Å². The third kappa shape index (κ3) is 5.22. The average Bonchev–Trinajstić information content (AvgIpc) is 3.05. The molecule has 1 atom stereocenters.